The quantitative estimate of drug-likeness (QED) is 0.846. The van der Waals surface area contributed by atoms with Gasteiger partial charge >= 0.3 is 0 Å². The van der Waals surface area contributed by atoms with Crippen LogP contribution in [0.25, 0.3) is 0 Å². The molecular formula is C18H23N3O3. The first kappa shape index (κ1) is 16.5. The van der Waals surface area contributed by atoms with E-state index in [1.54, 1.807) is 13.3 Å². The summed E-state index contributed by atoms with van der Waals surface area (Å²) in [4.78, 5) is 21.4. The number of benzene rings is 1. The van der Waals surface area contributed by atoms with Crippen molar-refractivity contribution in [2.24, 2.45) is 0 Å². The number of amides is 1. The zero-order chi connectivity index (χ0) is 16.8. The average Bonchev–Trinajstić information content (AvgIpc) is 3.32. The van der Waals surface area contributed by atoms with Crippen LogP contribution in [0.5, 0.6) is 5.75 Å². The van der Waals surface area contributed by atoms with Crippen LogP contribution in [0.3, 0.4) is 0 Å². The Kier molecular flexibility index (Phi) is 5.48. The lowest BCUT2D eigenvalue weighted by Gasteiger charge is -2.25. The van der Waals surface area contributed by atoms with Gasteiger partial charge in [-0.15, -0.1) is 0 Å². The Hall–Kier alpha value is -2.34. The van der Waals surface area contributed by atoms with Crippen LogP contribution in [0.2, 0.25) is 0 Å². The second kappa shape index (κ2) is 7.97. The van der Waals surface area contributed by atoms with Crippen molar-refractivity contribution in [2.45, 2.75) is 25.4 Å². The van der Waals surface area contributed by atoms with Gasteiger partial charge in [0.25, 0.3) is 5.91 Å². The molecule has 0 aliphatic carbocycles. The highest BCUT2D eigenvalue weighted by Gasteiger charge is 2.24. The number of ether oxygens (including phenoxy) is 2. The maximum Gasteiger partial charge on any atom is 0.272 e. The number of nitrogens with zero attached hydrogens (tertiary/aromatic N) is 2. The summed E-state index contributed by atoms with van der Waals surface area (Å²) in [7, 11) is 1.65. The molecule has 0 spiro atoms. The number of hydrogen-bond donors (Lipinski definition) is 1. The predicted octanol–water partition coefficient (Wildman–Crippen LogP) is 2.28. The summed E-state index contributed by atoms with van der Waals surface area (Å²) in [6, 6.07) is 7.94. The van der Waals surface area contributed by atoms with E-state index in [4.69, 9.17) is 9.47 Å². The molecule has 0 bridgehead atoms. The van der Waals surface area contributed by atoms with E-state index in [0.29, 0.717) is 18.8 Å². The molecule has 1 N–H and O–H groups in total. The molecule has 0 radical (unpaired) electrons. The van der Waals surface area contributed by atoms with E-state index in [9.17, 15) is 4.79 Å². The molecule has 128 valence electrons. The summed E-state index contributed by atoms with van der Waals surface area (Å²) < 4.78 is 10.9. The number of carbonyl (C=O) groups is 1. The van der Waals surface area contributed by atoms with Crippen molar-refractivity contribution >= 4 is 5.91 Å². The molecular weight excluding hydrogens is 306 g/mol. The van der Waals surface area contributed by atoms with E-state index in [0.717, 1.165) is 31.6 Å². The second-order valence-corrected chi connectivity index (χ2v) is 5.95. The third-order valence-corrected chi connectivity index (χ3v) is 4.29. The Labute approximate surface area is 141 Å². The van der Waals surface area contributed by atoms with Crippen molar-refractivity contribution in [3.8, 4) is 5.75 Å². The number of imidazole rings is 1. The van der Waals surface area contributed by atoms with Crippen LogP contribution in [0.15, 0.2) is 36.8 Å². The first-order valence-corrected chi connectivity index (χ1v) is 8.28. The molecule has 24 heavy (non-hydrogen) atoms. The van der Waals surface area contributed by atoms with E-state index in [1.807, 2.05) is 29.2 Å². The number of aromatic nitrogens is 2. The van der Waals surface area contributed by atoms with E-state index < -0.39 is 0 Å². The standard InChI is InChI=1S/C18H23N3O3/c1-23-15-6-4-14(5-7-15)8-9-21(12-16-3-2-10-24-16)18(22)17-11-19-13-20-17/h4-7,11,13,16H,2-3,8-10,12H2,1H3,(H,19,20). The van der Waals surface area contributed by atoms with Crippen LogP contribution in [0, 0.1) is 0 Å². The number of methoxy groups -OCH3 is 1. The molecule has 6 nitrogen and oxygen atoms in total. The third kappa shape index (κ3) is 4.14. The lowest BCUT2D eigenvalue weighted by atomic mass is 10.1. The maximum atomic E-state index is 12.7. The molecule has 1 atom stereocenters. The molecule has 2 heterocycles. The van der Waals surface area contributed by atoms with Gasteiger partial charge in [0.1, 0.15) is 11.4 Å². The van der Waals surface area contributed by atoms with Crippen LogP contribution in [0.1, 0.15) is 28.9 Å². The topological polar surface area (TPSA) is 67.5 Å². The van der Waals surface area contributed by atoms with Crippen molar-refractivity contribution in [1.82, 2.24) is 14.9 Å². The van der Waals surface area contributed by atoms with Gasteiger partial charge in [0.05, 0.1) is 25.7 Å². The minimum Gasteiger partial charge on any atom is -0.497 e. The van der Waals surface area contributed by atoms with Crippen molar-refractivity contribution in [2.75, 3.05) is 26.8 Å². The summed E-state index contributed by atoms with van der Waals surface area (Å²) in [5.41, 5.74) is 1.69. The van der Waals surface area contributed by atoms with Gasteiger partial charge in [-0.2, -0.15) is 0 Å². The zero-order valence-corrected chi connectivity index (χ0v) is 13.9. The fourth-order valence-electron chi connectivity index (χ4n) is 2.91. The van der Waals surface area contributed by atoms with Gasteiger partial charge < -0.3 is 19.4 Å². The van der Waals surface area contributed by atoms with Gasteiger partial charge in [0.15, 0.2) is 0 Å². The van der Waals surface area contributed by atoms with E-state index >= 15 is 0 Å². The van der Waals surface area contributed by atoms with Crippen molar-refractivity contribution in [1.29, 1.82) is 0 Å². The van der Waals surface area contributed by atoms with Gasteiger partial charge in [-0.25, -0.2) is 4.98 Å². The van der Waals surface area contributed by atoms with Crippen LogP contribution in [0.4, 0.5) is 0 Å². The first-order chi connectivity index (χ1) is 11.8. The summed E-state index contributed by atoms with van der Waals surface area (Å²) in [5, 5.41) is 0. The van der Waals surface area contributed by atoms with Crippen LogP contribution in [-0.2, 0) is 11.2 Å². The number of rotatable bonds is 7. The van der Waals surface area contributed by atoms with Gasteiger partial charge in [-0.1, -0.05) is 12.1 Å². The lowest BCUT2D eigenvalue weighted by molar-refractivity contribution is 0.0525. The number of nitrogens with one attached hydrogen (secondary N) is 1. The minimum atomic E-state index is -0.0310. The number of carbonyl (C=O) groups excluding carboxylic acids is 1. The summed E-state index contributed by atoms with van der Waals surface area (Å²) in [5.74, 6) is 0.806. The van der Waals surface area contributed by atoms with Gasteiger partial charge in [-0.3, -0.25) is 4.79 Å². The van der Waals surface area contributed by atoms with E-state index in [1.165, 1.54) is 11.9 Å². The normalized spacial score (nSPS) is 17.0. The fourth-order valence-corrected chi connectivity index (χ4v) is 2.91. The molecule has 1 aliphatic heterocycles. The highest BCUT2D eigenvalue weighted by atomic mass is 16.5. The molecule has 6 heteroatoms. The number of aromatic amines is 1. The summed E-state index contributed by atoms with van der Waals surface area (Å²) in [6.07, 6.45) is 6.09. The average molecular weight is 329 g/mol. The molecule has 2 aromatic rings. The van der Waals surface area contributed by atoms with Crippen LogP contribution < -0.4 is 4.74 Å². The SMILES string of the molecule is COc1ccc(CCN(CC2CCCO2)C(=O)c2cnc[nH]2)cc1. The highest BCUT2D eigenvalue weighted by Crippen LogP contribution is 2.16. The van der Waals surface area contributed by atoms with Crippen molar-refractivity contribution < 1.29 is 14.3 Å². The molecule has 1 aliphatic rings. The molecule has 1 aromatic carbocycles. The Balaban J connectivity index is 1.65. The first-order valence-electron chi connectivity index (χ1n) is 8.28. The lowest BCUT2D eigenvalue weighted by Crippen LogP contribution is -2.39. The summed E-state index contributed by atoms with van der Waals surface area (Å²) in [6.45, 7) is 2.05. The van der Waals surface area contributed by atoms with Crippen molar-refractivity contribution in [3.05, 3.63) is 48.0 Å². The molecule has 1 saturated heterocycles. The Morgan fingerprint density at radius 1 is 1.42 bits per heavy atom. The largest absolute Gasteiger partial charge is 0.497 e. The Morgan fingerprint density at radius 2 is 2.25 bits per heavy atom. The third-order valence-electron chi connectivity index (χ3n) is 4.29. The van der Waals surface area contributed by atoms with Gasteiger partial charge in [0, 0.05) is 19.7 Å². The number of H-pyrrole nitrogens is 1. The fraction of sp³-hybridized carbons (Fsp3) is 0.444. The highest BCUT2D eigenvalue weighted by molar-refractivity contribution is 5.92. The van der Waals surface area contributed by atoms with E-state index in [2.05, 4.69) is 9.97 Å². The molecule has 1 fully saturated rings. The molecule has 0 saturated carbocycles. The van der Waals surface area contributed by atoms with Crippen LogP contribution >= 0.6 is 0 Å². The molecule has 3 rings (SSSR count). The summed E-state index contributed by atoms with van der Waals surface area (Å²) >= 11 is 0. The Morgan fingerprint density at radius 3 is 2.88 bits per heavy atom. The van der Waals surface area contributed by atoms with Gasteiger partial charge in [-0.05, 0) is 37.0 Å². The smallest absolute Gasteiger partial charge is 0.272 e. The zero-order valence-electron chi connectivity index (χ0n) is 13.9. The van der Waals surface area contributed by atoms with Crippen LogP contribution in [-0.4, -0.2) is 53.7 Å². The monoisotopic (exact) mass is 329 g/mol. The molecule has 1 amide bonds. The van der Waals surface area contributed by atoms with Crippen molar-refractivity contribution in [3.63, 3.8) is 0 Å². The molecule has 1 aromatic heterocycles. The molecule has 1 unspecified atom stereocenters. The maximum absolute atomic E-state index is 12.7. The van der Waals surface area contributed by atoms with Gasteiger partial charge in [0.2, 0.25) is 0 Å². The minimum absolute atomic E-state index is 0.0310. The predicted molar refractivity (Wildman–Crippen MR) is 90.2 cm³/mol. The van der Waals surface area contributed by atoms with E-state index in [-0.39, 0.29) is 12.0 Å². The number of hydrogen-bond acceptors (Lipinski definition) is 4. The second-order valence-electron chi connectivity index (χ2n) is 5.95. The Bertz CT molecular complexity index is 634.